The van der Waals surface area contributed by atoms with E-state index in [0.717, 1.165) is 4.90 Å². The summed E-state index contributed by atoms with van der Waals surface area (Å²) in [6.45, 7) is 1.47. The number of aliphatic hydroxyl groups is 1. The fraction of sp³-hybridized carbons (Fsp3) is 0.667. The van der Waals surface area contributed by atoms with Crippen LogP contribution in [-0.4, -0.2) is 40.4 Å². The number of carbonyl (C=O) groups excluding carboxylic acids is 3. The van der Waals surface area contributed by atoms with Crippen LogP contribution in [0.1, 0.15) is 19.8 Å². The number of amides is 3. The van der Waals surface area contributed by atoms with Gasteiger partial charge in [0.05, 0.1) is 6.54 Å². The first-order valence-corrected chi connectivity index (χ1v) is 4.72. The van der Waals surface area contributed by atoms with Gasteiger partial charge in [0.2, 0.25) is 17.7 Å². The van der Waals surface area contributed by atoms with Crippen molar-refractivity contribution in [2.24, 2.45) is 11.7 Å². The van der Waals surface area contributed by atoms with E-state index in [1.165, 1.54) is 0 Å². The van der Waals surface area contributed by atoms with Crippen LogP contribution in [0.2, 0.25) is 0 Å². The highest BCUT2D eigenvalue weighted by atomic mass is 16.3. The number of β-amino-alcohol motifs (C(OH)–C–C–N with tert-alkyl or cyclic N) is 1. The number of rotatable bonds is 3. The molecule has 1 aliphatic rings. The molecule has 1 aliphatic heterocycles. The van der Waals surface area contributed by atoms with Gasteiger partial charge in [0.25, 0.3) is 0 Å². The molecule has 15 heavy (non-hydrogen) atoms. The van der Waals surface area contributed by atoms with Crippen molar-refractivity contribution in [1.29, 1.82) is 0 Å². The van der Waals surface area contributed by atoms with Crippen molar-refractivity contribution in [3.8, 4) is 0 Å². The standard InChI is InChI=1S/C9H14N2O4/c1-5-2-7(13)11(8(14)3-5)4-6(12)9(10)15/h5-6,12H,2-4H2,1H3,(H2,10,15). The Bertz CT molecular complexity index is 284. The summed E-state index contributed by atoms with van der Waals surface area (Å²) in [5, 5.41) is 9.16. The second-order valence-corrected chi connectivity index (χ2v) is 3.83. The summed E-state index contributed by atoms with van der Waals surface area (Å²) in [4.78, 5) is 34.3. The SMILES string of the molecule is CC1CC(=O)N(CC(O)C(N)=O)C(=O)C1. The van der Waals surface area contributed by atoms with Crippen LogP contribution in [-0.2, 0) is 14.4 Å². The van der Waals surface area contributed by atoms with E-state index in [2.05, 4.69) is 0 Å². The highest BCUT2D eigenvalue weighted by molar-refractivity contribution is 5.98. The van der Waals surface area contributed by atoms with Crippen molar-refractivity contribution in [2.75, 3.05) is 6.54 Å². The van der Waals surface area contributed by atoms with Gasteiger partial charge in [-0.15, -0.1) is 0 Å². The van der Waals surface area contributed by atoms with Crippen LogP contribution in [0.5, 0.6) is 0 Å². The van der Waals surface area contributed by atoms with Crippen molar-refractivity contribution in [2.45, 2.75) is 25.9 Å². The van der Waals surface area contributed by atoms with E-state index in [1.54, 1.807) is 6.92 Å². The molecule has 1 rings (SSSR count). The lowest BCUT2D eigenvalue weighted by atomic mass is 9.97. The number of nitrogens with two attached hydrogens (primary N) is 1. The van der Waals surface area contributed by atoms with Gasteiger partial charge in [-0.25, -0.2) is 0 Å². The van der Waals surface area contributed by atoms with Crippen LogP contribution in [0.25, 0.3) is 0 Å². The summed E-state index contributed by atoms with van der Waals surface area (Å²) < 4.78 is 0. The predicted molar refractivity (Wildman–Crippen MR) is 50.3 cm³/mol. The largest absolute Gasteiger partial charge is 0.381 e. The van der Waals surface area contributed by atoms with Gasteiger partial charge in [-0.3, -0.25) is 19.3 Å². The van der Waals surface area contributed by atoms with Gasteiger partial charge >= 0.3 is 0 Å². The topological polar surface area (TPSA) is 101 Å². The number of hydrogen-bond acceptors (Lipinski definition) is 4. The smallest absolute Gasteiger partial charge is 0.248 e. The van der Waals surface area contributed by atoms with Crippen molar-refractivity contribution in [1.82, 2.24) is 4.90 Å². The highest BCUT2D eigenvalue weighted by Gasteiger charge is 2.32. The number of carbonyl (C=O) groups is 3. The van der Waals surface area contributed by atoms with E-state index in [0.29, 0.717) is 0 Å². The molecular weight excluding hydrogens is 200 g/mol. The minimum atomic E-state index is -1.48. The Hall–Kier alpha value is -1.43. The quantitative estimate of drug-likeness (QED) is 0.565. The van der Waals surface area contributed by atoms with E-state index < -0.39 is 12.0 Å². The zero-order chi connectivity index (χ0) is 11.6. The molecule has 0 aromatic carbocycles. The molecule has 1 heterocycles. The number of nitrogens with zero attached hydrogens (tertiary/aromatic N) is 1. The first-order valence-electron chi connectivity index (χ1n) is 4.72. The molecule has 3 amide bonds. The van der Waals surface area contributed by atoms with E-state index in [1.807, 2.05) is 0 Å². The molecular formula is C9H14N2O4. The number of aliphatic hydroxyl groups excluding tert-OH is 1. The maximum atomic E-state index is 11.4. The number of primary amides is 1. The Balaban J connectivity index is 2.65. The van der Waals surface area contributed by atoms with E-state index in [9.17, 15) is 14.4 Å². The Morgan fingerprint density at radius 1 is 1.53 bits per heavy atom. The molecule has 0 aromatic heterocycles. The first-order chi connectivity index (χ1) is 6.91. The third kappa shape index (κ3) is 2.76. The van der Waals surface area contributed by atoms with Crippen molar-refractivity contribution in [3.05, 3.63) is 0 Å². The van der Waals surface area contributed by atoms with Crippen molar-refractivity contribution < 1.29 is 19.5 Å². The molecule has 0 aromatic rings. The fourth-order valence-corrected chi connectivity index (χ4v) is 1.49. The fourth-order valence-electron chi connectivity index (χ4n) is 1.49. The second kappa shape index (κ2) is 4.39. The molecule has 1 fully saturated rings. The highest BCUT2D eigenvalue weighted by Crippen LogP contribution is 2.18. The van der Waals surface area contributed by atoms with Gasteiger partial charge in [0.1, 0.15) is 0 Å². The maximum absolute atomic E-state index is 11.4. The Morgan fingerprint density at radius 2 is 2.00 bits per heavy atom. The predicted octanol–water partition coefficient (Wildman–Crippen LogP) is -1.38. The van der Waals surface area contributed by atoms with Gasteiger partial charge in [0, 0.05) is 12.8 Å². The molecule has 1 atom stereocenters. The Kier molecular flexibility index (Phi) is 3.41. The lowest BCUT2D eigenvalue weighted by Crippen LogP contribution is -2.49. The minimum absolute atomic E-state index is 0.0203. The van der Waals surface area contributed by atoms with E-state index in [-0.39, 0.29) is 37.1 Å². The zero-order valence-corrected chi connectivity index (χ0v) is 8.47. The number of piperidine rings is 1. The Labute approximate surface area is 87.0 Å². The second-order valence-electron chi connectivity index (χ2n) is 3.83. The van der Waals surface area contributed by atoms with Crippen LogP contribution in [0.4, 0.5) is 0 Å². The normalized spacial score (nSPS) is 20.5. The van der Waals surface area contributed by atoms with Crippen molar-refractivity contribution >= 4 is 17.7 Å². The molecule has 6 heteroatoms. The number of likely N-dealkylation sites (tertiary alicyclic amines) is 1. The lowest BCUT2D eigenvalue weighted by Gasteiger charge is -2.29. The summed E-state index contributed by atoms with van der Waals surface area (Å²) in [7, 11) is 0. The van der Waals surface area contributed by atoms with Gasteiger partial charge in [-0.1, -0.05) is 6.92 Å². The molecule has 1 saturated heterocycles. The van der Waals surface area contributed by atoms with Gasteiger partial charge < -0.3 is 10.8 Å². The molecule has 0 bridgehead atoms. The van der Waals surface area contributed by atoms with Crippen LogP contribution in [0.3, 0.4) is 0 Å². The summed E-state index contributed by atoms with van der Waals surface area (Å²) in [6, 6.07) is 0. The van der Waals surface area contributed by atoms with Crippen LogP contribution < -0.4 is 5.73 Å². The summed E-state index contributed by atoms with van der Waals surface area (Å²) in [5.74, 6) is -1.64. The molecule has 6 nitrogen and oxygen atoms in total. The van der Waals surface area contributed by atoms with E-state index >= 15 is 0 Å². The monoisotopic (exact) mass is 214 g/mol. The molecule has 0 aliphatic carbocycles. The molecule has 0 saturated carbocycles. The number of imide groups is 1. The Morgan fingerprint density at radius 3 is 2.40 bits per heavy atom. The third-order valence-electron chi connectivity index (χ3n) is 2.33. The van der Waals surface area contributed by atoms with Gasteiger partial charge in [-0.05, 0) is 5.92 Å². The molecule has 0 spiro atoms. The minimum Gasteiger partial charge on any atom is -0.381 e. The van der Waals surface area contributed by atoms with Crippen molar-refractivity contribution in [3.63, 3.8) is 0 Å². The zero-order valence-electron chi connectivity index (χ0n) is 8.47. The average molecular weight is 214 g/mol. The molecule has 3 N–H and O–H groups in total. The average Bonchev–Trinajstić information content (AvgIpc) is 2.10. The van der Waals surface area contributed by atoms with Gasteiger partial charge in [-0.2, -0.15) is 0 Å². The lowest BCUT2D eigenvalue weighted by molar-refractivity contribution is -0.152. The molecule has 84 valence electrons. The molecule has 0 radical (unpaired) electrons. The van der Waals surface area contributed by atoms with Crippen LogP contribution in [0.15, 0.2) is 0 Å². The number of hydrogen-bond donors (Lipinski definition) is 2. The summed E-state index contributed by atoms with van der Waals surface area (Å²) in [5.41, 5.74) is 4.83. The van der Waals surface area contributed by atoms with Crippen LogP contribution in [0, 0.1) is 5.92 Å². The summed E-state index contributed by atoms with van der Waals surface area (Å²) in [6.07, 6.45) is -0.958. The van der Waals surface area contributed by atoms with E-state index in [4.69, 9.17) is 10.8 Å². The maximum Gasteiger partial charge on any atom is 0.248 e. The van der Waals surface area contributed by atoms with Gasteiger partial charge in [0.15, 0.2) is 6.10 Å². The first kappa shape index (κ1) is 11.6. The van der Waals surface area contributed by atoms with Crippen LogP contribution >= 0.6 is 0 Å². The molecule has 1 unspecified atom stereocenters. The third-order valence-corrected chi connectivity index (χ3v) is 2.33. The summed E-state index contributed by atoms with van der Waals surface area (Å²) >= 11 is 0.